The van der Waals surface area contributed by atoms with Crippen molar-refractivity contribution >= 4 is 28.6 Å². The van der Waals surface area contributed by atoms with Crippen molar-refractivity contribution in [3.63, 3.8) is 0 Å². The van der Waals surface area contributed by atoms with E-state index in [1.165, 1.54) is 9.88 Å². The zero-order valence-electron chi connectivity index (χ0n) is 14.1. The summed E-state index contributed by atoms with van der Waals surface area (Å²) in [5.74, 6) is 1.37. The highest BCUT2D eigenvalue weighted by Gasteiger charge is 2.06. The summed E-state index contributed by atoms with van der Waals surface area (Å²) < 4.78 is 0. The lowest BCUT2D eigenvalue weighted by Crippen LogP contribution is -2.38. The van der Waals surface area contributed by atoms with Crippen LogP contribution in [-0.4, -0.2) is 30.6 Å². The molecule has 23 heavy (non-hydrogen) atoms. The van der Waals surface area contributed by atoms with Crippen LogP contribution in [-0.2, 0) is 6.42 Å². The average molecular weight is 351 g/mol. The summed E-state index contributed by atoms with van der Waals surface area (Å²) in [6.45, 7) is 8.97. The molecule has 0 fully saturated rings. The minimum absolute atomic E-state index is 0.462. The Morgan fingerprint density at radius 1 is 1.35 bits per heavy atom. The molecule has 2 N–H and O–H groups in total. The number of hydrogen-bond acceptors (Lipinski definition) is 4. The molecule has 0 radical (unpaired) electrons. The maximum atomic E-state index is 4.71. The minimum atomic E-state index is 0.462. The fourth-order valence-electron chi connectivity index (χ4n) is 2.20. The summed E-state index contributed by atoms with van der Waals surface area (Å²) in [5.41, 5.74) is 1.12. The zero-order chi connectivity index (χ0) is 16.5. The van der Waals surface area contributed by atoms with Crippen LogP contribution in [0.1, 0.15) is 41.8 Å². The SMILES string of the molecule is CCNC(=NCC(C)c1cccs1)NCCCc1nc(C)cs1. The van der Waals surface area contributed by atoms with E-state index in [0.717, 1.165) is 44.1 Å². The molecular formula is C17H26N4S2. The van der Waals surface area contributed by atoms with E-state index in [-0.39, 0.29) is 0 Å². The van der Waals surface area contributed by atoms with E-state index in [4.69, 9.17) is 4.99 Å². The van der Waals surface area contributed by atoms with Gasteiger partial charge in [0.2, 0.25) is 0 Å². The Labute approximate surface area is 147 Å². The quantitative estimate of drug-likeness (QED) is 0.432. The molecule has 2 rings (SSSR count). The number of aliphatic imine (C=N–C) groups is 1. The maximum Gasteiger partial charge on any atom is 0.191 e. The zero-order valence-corrected chi connectivity index (χ0v) is 15.8. The lowest BCUT2D eigenvalue weighted by Gasteiger charge is -2.12. The van der Waals surface area contributed by atoms with Gasteiger partial charge in [0.05, 0.1) is 11.6 Å². The number of nitrogens with zero attached hydrogens (tertiary/aromatic N) is 2. The van der Waals surface area contributed by atoms with Gasteiger partial charge in [-0.25, -0.2) is 4.98 Å². The van der Waals surface area contributed by atoms with Crippen molar-refractivity contribution in [1.82, 2.24) is 15.6 Å². The van der Waals surface area contributed by atoms with Crippen molar-refractivity contribution in [3.05, 3.63) is 38.5 Å². The van der Waals surface area contributed by atoms with Gasteiger partial charge < -0.3 is 10.6 Å². The highest BCUT2D eigenvalue weighted by Crippen LogP contribution is 2.20. The number of rotatable bonds is 8. The monoisotopic (exact) mass is 350 g/mol. The Bertz CT molecular complexity index is 590. The van der Waals surface area contributed by atoms with E-state index < -0.39 is 0 Å². The van der Waals surface area contributed by atoms with Crippen molar-refractivity contribution in [2.75, 3.05) is 19.6 Å². The van der Waals surface area contributed by atoms with E-state index in [1.807, 2.05) is 6.92 Å². The van der Waals surface area contributed by atoms with Crippen LogP contribution in [0.2, 0.25) is 0 Å². The van der Waals surface area contributed by atoms with Gasteiger partial charge in [0.1, 0.15) is 0 Å². The second-order valence-electron chi connectivity index (χ2n) is 5.55. The molecule has 0 aliphatic rings. The number of hydrogen-bond donors (Lipinski definition) is 2. The van der Waals surface area contributed by atoms with Crippen LogP contribution < -0.4 is 10.6 Å². The highest BCUT2D eigenvalue weighted by atomic mass is 32.1. The highest BCUT2D eigenvalue weighted by molar-refractivity contribution is 7.10. The average Bonchev–Trinajstić information content (AvgIpc) is 3.20. The van der Waals surface area contributed by atoms with Gasteiger partial charge >= 0.3 is 0 Å². The summed E-state index contributed by atoms with van der Waals surface area (Å²) in [6, 6.07) is 4.28. The van der Waals surface area contributed by atoms with Crippen LogP contribution >= 0.6 is 22.7 Å². The van der Waals surface area contributed by atoms with Gasteiger partial charge in [0, 0.05) is 41.4 Å². The van der Waals surface area contributed by atoms with Gasteiger partial charge in [-0.2, -0.15) is 0 Å². The van der Waals surface area contributed by atoms with Gasteiger partial charge in [-0.1, -0.05) is 13.0 Å². The second kappa shape index (κ2) is 9.67. The summed E-state index contributed by atoms with van der Waals surface area (Å²) in [7, 11) is 0. The molecule has 2 aromatic heterocycles. The third kappa shape index (κ3) is 6.31. The van der Waals surface area contributed by atoms with Crippen LogP contribution in [0.5, 0.6) is 0 Å². The number of nitrogens with one attached hydrogen (secondary N) is 2. The summed E-state index contributed by atoms with van der Waals surface area (Å²) in [6.07, 6.45) is 2.09. The Morgan fingerprint density at radius 3 is 2.87 bits per heavy atom. The Kier molecular flexibility index (Phi) is 7.55. The molecule has 0 saturated heterocycles. The topological polar surface area (TPSA) is 49.3 Å². The van der Waals surface area contributed by atoms with E-state index in [2.05, 4.69) is 52.4 Å². The lowest BCUT2D eigenvalue weighted by molar-refractivity contribution is 0.726. The molecule has 0 aliphatic heterocycles. The maximum absolute atomic E-state index is 4.71. The molecule has 1 atom stereocenters. The molecule has 2 heterocycles. The van der Waals surface area contributed by atoms with Crippen LogP contribution in [0.25, 0.3) is 0 Å². The summed E-state index contributed by atoms with van der Waals surface area (Å²) >= 11 is 3.55. The smallest absolute Gasteiger partial charge is 0.191 e. The number of guanidine groups is 1. The number of aryl methyl sites for hydroxylation is 2. The third-order valence-corrected chi connectivity index (χ3v) is 5.55. The fraction of sp³-hybridized carbons (Fsp3) is 0.529. The predicted molar refractivity (Wildman–Crippen MR) is 102 cm³/mol. The van der Waals surface area contributed by atoms with Gasteiger partial charge in [0.15, 0.2) is 5.96 Å². The van der Waals surface area contributed by atoms with Crippen LogP contribution in [0.4, 0.5) is 0 Å². The normalized spacial score (nSPS) is 13.1. The van der Waals surface area contributed by atoms with Gasteiger partial charge in [-0.05, 0) is 31.7 Å². The first-order valence-electron chi connectivity index (χ1n) is 8.15. The Balaban J connectivity index is 1.75. The van der Waals surface area contributed by atoms with Crippen molar-refractivity contribution < 1.29 is 0 Å². The van der Waals surface area contributed by atoms with Crippen molar-refractivity contribution in [3.8, 4) is 0 Å². The molecular weight excluding hydrogens is 324 g/mol. The Morgan fingerprint density at radius 2 is 2.22 bits per heavy atom. The first-order valence-corrected chi connectivity index (χ1v) is 9.91. The van der Waals surface area contributed by atoms with E-state index in [1.54, 1.807) is 22.7 Å². The van der Waals surface area contributed by atoms with Gasteiger partial charge in [0.25, 0.3) is 0 Å². The van der Waals surface area contributed by atoms with Gasteiger partial charge in [-0.3, -0.25) is 4.99 Å². The number of thiazole rings is 1. The lowest BCUT2D eigenvalue weighted by atomic mass is 10.1. The molecule has 0 saturated carbocycles. The summed E-state index contributed by atoms with van der Waals surface area (Å²) in [5, 5.41) is 12.2. The fourth-order valence-corrected chi connectivity index (χ4v) is 3.79. The van der Waals surface area contributed by atoms with Crippen molar-refractivity contribution in [1.29, 1.82) is 0 Å². The predicted octanol–water partition coefficient (Wildman–Crippen LogP) is 3.80. The Hall–Kier alpha value is -1.40. The minimum Gasteiger partial charge on any atom is -0.357 e. The molecule has 0 spiro atoms. The van der Waals surface area contributed by atoms with E-state index >= 15 is 0 Å². The molecule has 0 bridgehead atoms. The molecule has 0 aromatic carbocycles. The number of thiophene rings is 1. The molecule has 0 aliphatic carbocycles. The standard InChI is InChI=1S/C17H26N4S2/c1-4-18-17(20-11-13(2)15-7-6-10-22-15)19-9-5-8-16-21-14(3)12-23-16/h6-7,10,12-13H,4-5,8-9,11H2,1-3H3,(H2,18,19,20). The second-order valence-corrected chi connectivity index (χ2v) is 7.47. The first-order chi connectivity index (χ1) is 11.2. The molecule has 6 heteroatoms. The molecule has 2 aromatic rings. The van der Waals surface area contributed by atoms with Gasteiger partial charge in [-0.15, -0.1) is 22.7 Å². The first kappa shape index (κ1) is 17.9. The molecule has 0 amide bonds. The van der Waals surface area contributed by atoms with Crippen LogP contribution in [0.3, 0.4) is 0 Å². The van der Waals surface area contributed by atoms with E-state index in [0.29, 0.717) is 5.92 Å². The molecule has 4 nitrogen and oxygen atoms in total. The number of aromatic nitrogens is 1. The summed E-state index contributed by atoms with van der Waals surface area (Å²) in [4.78, 5) is 10.6. The van der Waals surface area contributed by atoms with Crippen LogP contribution in [0, 0.1) is 6.92 Å². The van der Waals surface area contributed by atoms with E-state index in [9.17, 15) is 0 Å². The molecule has 126 valence electrons. The van der Waals surface area contributed by atoms with Crippen molar-refractivity contribution in [2.24, 2.45) is 4.99 Å². The van der Waals surface area contributed by atoms with Crippen LogP contribution in [0.15, 0.2) is 27.9 Å². The molecule has 1 unspecified atom stereocenters. The van der Waals surface area contributed by atoms with Crippen molar-refractivity contribution in [2.45, 2.75) is 39.5 Å². The third-order valence-electron chi connectivity index (χ3n) is 3.42. The largest absolute Gasteiger partial charge is 0.357 e.